The molecule has 4 rings (SSSR count). The SMILES string of the molecule is CCOCCN1C[C@@]23C=C[C@@H](O2)C(C(=O)N2CCN(C)CC2)C3C1=O. The summed E-state index contributed by atoms with van der Waals surface area (Å²) in [6, 6.07) is 0. The van der Waals surface area contributed by atoms with Crippen LogP contribution in [0.25, 0.3) is 0 Å². The Kier molecular flexibility index (Phi) is 4.33. The minimum absolute atomic E-state index is 0.0408. The Balaban J connectivity index is 1.50. The molecule has 25 heavy (non-hydrogen) atoms. The van der Waals surface area contributed by atoms with Crippen molar-refractivity contribution in [2.75, 3.05) is 59.5 Å². The molecule has 3 saturated heterocycles. The predicted molar refractivity (Wildman–Crippen MR) is 90.9 cm³/mol. The van der Waals surface area contributed by atoms with Crippen molar-refractivity contribution in [1.29, 1.82) is 0 Å². The van der Waals surface area contributed by atoms with E-state index in [0.717, 1.165) is 26.2 Å². The number of nitrogens with zero attached hydrogens (tertiary/aromatic N) is 3. The summed E-state index contributed by atoms with van der Waals surface area (Å²) in [4.78, 5) is 32.1. The molecular weight excluding hydrogens is 322 g/mol. The fraction of sp³-hybridized carbons (Fsp3) is 0.778. The predicted octanol–water partition coefficient (Wildman–Crippen LogP) is -0.421. The fourth-order valence-electron chi connectivity index (χ4n) is 4.61. The van der Waals surface area contributed by atoms with Gasteiger partial charge in [-0.15, -0.1) is 0 Å². The first-order chi connectivity index (χ1) is 12.1. The van der Waals surface area contributed by atoms with Gasteiger partial charge in [-0.25, -0.2) is 0 Å². The molecule has 3 fully saturated rings. The zero-order valence-electron chi connectivity index (χ0n) is 15.0. The van der Waals surface area contributed by atoms with E-state index in [1.807, 2.05) is 24.0 Å². The Hall–Kier alpha value is -1.44. The minimum atomic E-state index is -0.610. The van der Waals surface area contributed by atoms with Crippen LogP contribution < -0.4 is 0 Å². The molecule has 0 N–H and O–H groups in total. The Morgan fingerprint density at radius 2 is 2.12 bits per heavy atom. The highest BCUT2D eigenvalue weighted by atomic mass is 16.5. The lowest BCUT2D eigenvalue weighted by Gasteiger charge is -2.35. The monoisotopic (exact) mass is 349 g/mol. The molecule has 2 bridgehead atoms. The van der Waals surface area contributed by atoms with Gasteiger partial charge in [0.25, 0.3) is 0 Å². The maximum absolute atomic E-state index is 13.1. The molecule has 0 saturated carbocycles. The number of rotatable bonds is 5. The van der Waals surface area contributed by atoms with E-state index < -0.39 is 5.60 Å². The van der Waals surface area contributed by atoms with E-state index in [-0.39, 0.29) is 29.8 Å². The Morgan fingerprint density at radius 1 is 1.36 bits per heavy atom. The summed E-state index contributed by atoms with van der Waals surface area (Å²) < 4.78 is 11.6. The molecule has 0 aliphatic carbocycles. The molecule has 0 aromatic heterocycles. The molecule has 4 aliphatic heterocycles. The standard InChI is InChI=1S/C18H27N3O4/c1-3-24-11-10-21-12-18-5-4-13(25-18)14(15(18)17(21)23)16(22)20-8-6-19(2)7-9-20/h4-5,13-15H,3,6-12H2,1-2H3/t13-,14?,15?,18-/m1/s1. The fourth-order valence-corrected chi connectivity index (χ4v) is 4.61. The van der Waals surface area contributed by atoms with E-state index in [0.29, 0.717) is 26.3 Å². The number of likely N-dealkylation sites (tertiary alicyclic amines) is 1. The lowest BCUT2D eigenvalue weighted by molar-refractivity contribution is -0.144. The van der Waals surface area contributed by atoms with Crippen LogP contribution in [0.5, 0.6) is 0 Å². The van der Waals surface area contributed by atoms with Crippen LogP contribution in [0, 0.1) is 11.8 Å². The first-order valence-corrected chi connectivity index (χ1v) is 9.27. The number of piperazine rings is 1. The van der Waals surface area contributed by atoms with Crippen molar-refractivity contribution in [3.8, 4) is 0 Å². The van der Waals surface area contributed by atoms with Crippen LogP contribution in [0.4, 0.5) is 0 Å². The summed E-state index contributed by atoms with van der Waals surface area (Å²) >= 11 is 0. The van der Waals surface area contributed by atoms with Crippen LogP contribution in [0.15, 0.2) is 12.2 Å². The zero-order chi connectivity index (χ0) is 17.6. The summed E-state index contributed by atoms with van der Waals surface area (Å²) in [5, 5.41) is 0. The van der Waals surface area contributed by atoms with Crippen molar-refractivity contribution in [3.05, 3.63) is 12.2 Å². The van der Waals surface area contributed by atoms with Gasteiger partial charge in [0.2, 0.25) is 11.8 Å². The van der Waals surface area contributed by atoms with Gasteiger partial charge in [0.1, 0.15) is 5.60 Å². The third kappa shape index (κ3) is 2.69. The topological polar surface area (TPSA) is 62.3 Å². The molecule has 4 heterocycles. The molecule has 138 valence electrons. The van der Waals surface area contributed by atoms with Crippen molar-refractivity contribution in [2.24, 2.45) is 11.8 Å². The molecule has 7 heteroatoms. The smallest absolute Gasteiger partial charge is 0.230 e. The van der Waals surface area contributed by atoms with Crippen molar-refractivity contribution in [1.82, 2.24) is 14.7 Å². The van der Waals surface area contributed by atoms with Crippen molar-refractivity contribution in [3.63, 3.8) is 0 Å². The average Bonchev–Trinajstić information content (AvgIpc) is 3.24. The van der Waals surface area contributed by atoms with Crippen molar-refractivity contribution in [2.45, 2.75) is 18.6 Å². The lowest BCUT2D eigenvalue weighted by Crippen LogP contribution is -2.52. The molecule has 2 amide bonds. The van der Waals surface area contributed by atoms with Crippen LogP contribution in [0.2, 0.25) is 0 Å². The summed E-state index contributed by atoms with van der Waals surface area (Å²) in [5.74, 6) is -0.636. The van der Waals surface area contributed by atoms with Gasteiger partial charge in [0, 0.05) is 39.3 Å². The largest absolute Gasteiger partial charge is 0.380 e. The van der Waals surface area contributed by atoms with Gasteiger partial charge in [-0.3, -0.25) is 9.59 Å². The zero-order valence-corrected chi connectivity index (χ0v) is 15.0. The first kappa shape index (κ1) is 17.0. The van der Waals surface area contributed by atoms with E-state index in [1.54, 1.807) is 4.90 Å². The second kappa shape index (κ2) is 6.37. The second-order valence-electron chi connectivity index (χ2n) is 7.49. The molecule has 4 atom stereocenters. The minimum Gasteiger partial charge on any atom is -0.380 e. The highest BCUT2D eigenvalue weighted by Crippen LogP contribution is 2.52. The van der Waals surface area contributed by atoms with Crippen LogP contribution in [-0.2, 0) is 19.1 Å². The molecule has 1 spiro atoms. The van der Waals surface area contributed by atoms with E-state index >= 15 is 0 Å². The second-order valence-corrected chi connectivity index (χ2v) is 7.49. The molecule has 0 aromatic rings. The maximum atomic E-state index is 13.1. The van der Waals surface area contributed by atoms with Crippen molar-refractivity contribution < 1.29 is 19.1 Å². The van der Waals surface area contributed by atoms with Gasteiger partial charge in [-0.05, 0) is 14.0 Å². The first-order valence-electron chi connectivity index (χ1n) is 9.27. The van der Waals surface area contributed by atoms with Crippen LogP contribution in [0.3, 0.4) is 0 Å². The molecular formula is C18H27N3O4. The third-order valence-electron chi connectivity index (χ3n) is 5.99. The number of fused-ring (bicyclic) bond motifs is 1. The van der Waals surface area contributed by atoms with Gasteiger partial charge in [-0.1, -0.05) is 12.2 Å². The van der Waals surface area contributed by atoms with Gasteiger partial charge in [0.05, 0.1) is 31.1 Å². The van der Waals surface area contributed by atoms with E-state index in [9.17, 15) is 9.59 Å². The number of amides is 2. The van der Waals surface area contributed by atoms with E-state index in [2.05, 4.69) is 11.9 Å². The average molecular weight is 349 g/mol. The molecule has 2 unspecified atom stereocenters. The van der Waals surface area contributed by atoms with Crippen LogP contribution in [0.1, 0.15) is 6.92 Å². The maximum Gasteiger partial charge on any atom is 0.230 e. The highest BCUT2D eigenvalue weighted by molar-refractivity contribution is 5.93. The number of carbonyl (C=O) groups excluding carboxylic acids is 2. The number of hydrogen-bond donors (Lipinski definition) is 0. The third-order valence-corrected chi connectivity index (χ3v) is 5.99. The molecule has 0 radical (unpaired) electrons. The summed E-state index contributed by atoms with van der Waals surface area (Å²) in [5.41, 5.74) is -0.610. The Bertz CT molecular complexity index is 587. The Morgan fingerprint density at radius 3 is 2.84 bits per heavy atom. The van der Waals surface area contributed by atoms with Gasteiger partial charge >= 0.3 is 0 Å². The normalized spacial score (nSPS) is 37.2. The van der Waals surface area contributed by atoms with Crippen molar-refractivity contribution >= 4 is 11.8 Å². The molecule has 4 aliphatic rings. The molecule has 0 aromatic carbocycles. The number of carbonyl (C=O) groups is 2. The Labute approximate surface area is 148 Å². The summed E-state index contributed by atoms with van der Waals surface area (Å²) in [6.07, 6.45) is 3.73. The quantitative estimate of drug-likeness (QED) is 0.498. The van der Waals surface area contributed by atoms with E-state index in [1.165, 1.54) is 0 Å². The summed E-state index contributed by atoms with van der Waals surface area (Å²) in [7, 11) is 2.07. The lowest BCUT2D eigenvalue weighted by atomic mass is 9.76. The summed E-state index contributed by atoms with van der Waals surface area (Å²) in [6.45, 7) is 7.40. The molecule has 7 nitrogen and oxygen atoms in total. The number of ether oxygens (including phenoxy) is 2. The highest BCUT2D eigenvalue weighted by Gasteiger charge is 2.67. The van der Waals surface area contributed by atoms with Crippen LogP contribution >= 0.6 is 0 Å². The van der Waals surface area contributed by atoms with Gasteiger partial charge in [0.15, 0.2) is 0 Å². The van der Waals surface area contributed by atoms with Gasteiger partial charge in [-0.2, -0.15) is 0 Å². The van der Waals surface area contributed by atoms with E-state index in [4.69, 9.17) is 9.47 Å². The van der Waals surface area contributed by atoms with Gasteiger partial charge < -0.3 is 24.2 Å². The van der Waals surface area contributed by atoms with Crippen LogP contribution in [-0.4, -0.2) is 97.7 Å². The number of hydrogen-bond acceptors (Lipinski definition) is 5. The number of likely N-dealkylation sites (N-methyl/N-ethyl adjacent to an activating group) is 1.